The molecule has 7 nitrogen and oxygen atoms in total. The third-order valence-corrected chi connectivity index (χ3v) is 8.21. The number of rotatable bonds is 5. The first-order valence-electron chi connectivity index (χ1n) is 11.8. The molecule has 3 aromatic rings. The first-order valence-corrected chi connectivity index (χ1v) is 14.1. The maximum absolute atomic E-state index is 16.4. The van der Waals surface area contributed by atoms with Crippen LogP contribution in [0, 0.1) is 19.7 Å². The van der Waals surface area contributed by atoms with E-state index < -0.39 is 44.2 Å². The van der Waals surface area contributed by atoms with Crippen molar-refractivity contribution in [3.8, 4) is 11.1 Å². The molecule has 0 amide bonds. The molecule has 1 aromatic heterocycles. The average Bonchev–Trinajstić information content (AvgIpc) is 3.03. The summed E-state index contributed by atoms with van der Waals surface area (Å²) in [6.07, 6.45) is -0.814. The van der Waals surface area contributed by atoms with Crippen LogP contribution in [0.4, 0.5) is 10.1 Å². The lowest BCUT2D eigenvalue weighted by Crippen LogP contribution is -2.70. The van der Waals surface area contributed by atoms with Crippen LogP contribution in [-0.4, -0.2) is 72.6 Å². The number of hydrogen-bond donors (Lipinski definition) is 1. The van der Waals surface area contributed by atoms with E-state index >= 15 is 4.39 Å². The van der Waals surface area contributed by atoms with Crippen LogP contribution in [0.3, 0.4) is 0 Å². The predicted molar refractivity (Wildman–Crippen MR) is 154 cm³/mol. The van der Waals surface area contributed by atoms with Gasteiger partial charge in [0, 0.05) is 21.5 Å². The number of benzene rings is 2. The molecule has 0 fully saturated rings. The van der Waals surface area contributed by atoms with Crippen LogP contribution < -0.4 is 4.31 Å². The molecule has 0 spiro atoms. The SMILES string of the molecule is [B]C1([B])N(S(C)(=O)=O)c2c(C)c([C@H](OC(C)(C)C)C(=O)O)c(-c3ccc(Cl)cc3)c3c(F)c(C)n(c23)C1([B])[B]. The number of aliphatic carboxylic acids is 1. The van der Waals surface area contributed by atoms with Gasteiger partial charge in [-0.05, 0) is 68.6 Å². The van der Waals surface area contributed by atoms with E-state index in [2.05, 4.69) is 0 Å². The monoisotopic (exact) mass is 562 g/mol. The van der Waals surface area contributed by atoms with E-state index in [1.165, 1.54) is 13.8 Å². The Morgan fingerprint density at radius 3 is 2.10 bits per heavy atom. The van der Waals surface area contributed by atoms with Gasteiger partial charge in [-0.15, -0.1) is 0 Å². The van der Waals surface area contributed by atoms with Crippen molar-refractivity contribution in [3.05, 3.63) is 51.9 Å². The van der Waals surface area contributed by atoms with Gasteiger partial charge in [-0.3, -0.25) is 4.31 Å². The molecule has 2 aromatic carbocycles. The minimum atomic E-state index is -4.32. The van der Waals surface area contributed by atoms with E-state index in [-0.39, 0.29) is 39.0 Å². The molecular formula is C25H24B4ClFN2O5S. The van der Waals surface area contributed by atoms with Gasteiger partial charge < -0.3 is 14.4 Å². The first kappa shape index (κ1) is 29.6. The molecule has 0 saturated carbocycles. The number of carbonyl (C=O) groups is 1. The summed E-state index contributed by atoms with van der Waals surface area (Å²) in [5, 5.41) is 5.80. The van der Waals surface area contributed by atoms with Crippen LogP contribution in [0.15, 0.2) is 24.3 Å². The standard InChI is InChI=1S/C25H24B4ClFN2O5S/c1-11-15(21(22(34)35)38-23(3,4)5)16(13-7-9-14(30)10-8-13)17-18(31)12(2)32-20(17)19(11)33(39(6,36)37)25(28,29)24(32,26)27/h7-10,21H,1-6H3,(H,34,35)/t21-/m0/s1. The highest BCUT2D eigenvalue weighted by Crippen LogP contribution is 2.53. The summed E-state index contributed by atoms with van der Waals surface area (Å²) < 4.78 is 50.6. The van der Waals surface area contributed by atoms with Gasteiger partial charge in [0.1, 0.15) is 0 Å². The number of hydrogen-bond acceptors (Lipinski definition) is 4. The van der Waals surface area contributed by atoms with Crippen LogP contribution in [0.2, 0.25) is 5.02 Å². The van der Waals surface area contributed by atoms with Gasteiger partial charge in [0.05, 0.1) is 60.1 Å². The van der Waals surface area contributed by atoms with Crippen LogP contribution in [0.1, 0.15) is 43.7 Å². The van der Waals surface area contributed by atoms with Crippen LogP contribution in [-0.2, 0) is 24.9 Å². The lowest BCUT2D eigenvalue weighted by Gasteiger charge is -2.56. The van der Waals surface area contributed by atoms with Crippen LogP contribution in [0.5, 0.6) is 0 Å². The molecule has 0 bridgehead atoms. The molecule has 1 N–H and O–H groups in total. The highest BCUT2D eigenvalue weighted by Gasteiger charge is 2.52. The molecular weight excluding hydrogens is 538 g/mol. The van der Waals surface area contributed by atoms with Crippen molar-refractivity contribution < 1.29 is 27.4 Å². The molecule has 1 aliphatic heterocycles. The molecule has 1 atom stereocenters. The first-order chi connectivity index (χ1) is 17.6. The molecule has 0 aliphatic carbocycles. The Balaban J connectivity index is 2.38. The van der Waals surface area contributed by atoms with Crippen molar-refractivity contribution in [2.45, 2.75) is 57.0 Å². The number of aromatic nitrogens is 1. The van der Waals surface area contributed by atoms with Crippen LogP contribution in [0.25, 0.3) is 22.0 Å². The molecule has 39 heavy (non-hydrogen) atoms. The number of ether oxygens (including phenoxy) is 1. The summed E-state index contributed by atoms with van der Waals surface area (Å²) in [5.41, 5.74) is -0.569. The third-order valence-electron chi connectivity index (χ3n) is 6.81. The van der Waals surface area contributed by atoms with E-state index in [9.17, 15) is 18.3 Å². The van der Waals surface area contributed by atoms with E-state index in [1.807, 2.05) is 0 Å². The van der Waals surface area contributed by atoms with Gasteiger partial charge in [-0.1, -0.05) is 23.7 Å². The number of halogens is 2. The molecule has 8 radical (unpaired) electrons. The zero-order valence-electron chi connectivity index (χ0n) is 22.3. The highest BCUT2D eigenvalue weighted by atomic mass is 35.5. The molecule has 196 valence electrons. The Labute approximate surface area is 237 Å². The number of carboxylic acid groups (broad SMARTS) is 1. The molecule has 4 rings (SSSR count). The van der Waals surface area contributed by atoms with E-state index in [0.717, 1.165) is 10.8 Å². The van der Waals surface area contributed by atoms with Gasteiger partial charge in [-0.2, -0.15) is 0 Å². The summed E-state index contributed by atoms with van der Waals surface area (Å²) in [6, 6.07) is 6.31. The fraction of sp³-hybridized carbons (Fsp3) is 0.400. The zero-order valence-corrected chi connectivity index (χ0v) is 23.9. The molecule has 2 heterocycles. The quantitative estimate of drug-likeness (QED) is 0.482. The second-order valence-electron chi connectivity index (χ2n) is 10.9. The summed E-state index contributed by atoms with van der Waals surface area (Å²) in [6.45, 7) is 7.86. The van der Waals surface area contributed by atoms with Crippen molar-refractivity contribution in [2.24, 2.45) is 0 Å². The lowest BCUT2D eigenvalue weighted by atomic mass is 9.37. The predicted octanol–water partition coefficient (Wildman–Crippen LogP) is 3.38. The summed E-state index contributed by atoms with van der Waals surface area (Å²) in [7, 11) is 21.2. The molecule has 0 saturated heterocycles. The van der Waals surface area contributed by atoms with Crippen molar-refractivity contribution in [2.75, 3.05) is 10.6 Å². The van der Waals surface area contributed by atoms with E-state index in [1.54, 1.807) is 45.0 Å². The Bertz CT molecular complexity index is 1630. The fourth-order valence-corrected chi connectivity index (χ4v) is 6.63. The number of sulfonamides is 1. The zero-order chi connectivity index (χ0) is 29.6. The second kappa shape index (κ2) is 9.08. The molecule has 1 aliphatic rings. The lowest BCUT2D eigenvalue weighted by molar-refractivity contribution is -0.160. The number of nitrogens with zero attached hydrogens (tertiary/aromatic N) is 2. The third kappa shape index (κ3) is 4.41. The van der Waals surface area contributed by atoms with E-state index in [0.29, 0.717) is 14.9 Å². The average molecular weight is 562 g/mol. The van der Waals surface area contributed by atoms with Crippen molar-refractivity contribution in [1.29, 1.82) is 0 Å². The molecule has 0 unspecified atom stereocenters. The maximum Gasteiger partial charge on any atom is 0.337 e. The second-order valence-corrected chi connectivity index (χ2v) is 13.1. The Morgan fingerprint density at radius 1 is 1.10 bits per heavy atom. The van der Waals surface area contributed by atoms with Gasteiger partial charge in [0.15, 0.2) is 11.9 Å². The van der Waals surface area contributed by atoms with Crippen molar-refractivity contribution in [1.82, 2.24) is 4.57 Å². The minimum Gasteiger partial charge on any atom is -0.479 e. The maximum atomic E-state index is 16.4. The molecule has 14 heteroatoms. The summed E-state index contributed by atoms with van der Waals surface area (Å²) in [4.78, 5) is 12.7. The fourth-order valence-electron chi connectivity index (χ4n) is 5.25. The largest absolute Gasteiger partial charge is 0.479 e. The Morgan fingerprint density at radius 2 is 1.64 bits per heavy atom. The summed E-state index contributed by atoms with van der Waals surface area (Å²) in [5.74, 6) is -2.20. The van der Waals surface area contributed by atoms with Crippen molar-refractivity contribution >= 4 is 75.6 Å². The van der Waals surface area contributed by atoms with Gasteiger partial charge in [0.2, 0.25) is 10.0 Å². The van der Waals surface area contributed by atoms with Crippen LogP contribution >= 0.6 is 11.6 Å². The smallest absolute Gasteiger partial charge is 0.337 e. The topological polar surface area (TPSA) is 88.8 Å². The number of carboxylic acids is 1. The highest BCUT2D eigenvalue weighted by molar-refractivity contribution is 7.92. The van der Waals surface area contributed by atoms with E-state index in [4.69, 9.17) is 47.7 Å². The van der Waals surface area contributed by atoms with Crippen molar-refractivity contribution in [3.63, 3.8) is 0 Å². The Kier molecular flexibility index (Phi) is 6.89. The van der Waals surface area contributed by atoms with Gasteiger partial charge in [-0.25, -0.2) is 17.6 Å². The summed E-state index contributed by atoms with van der Waals surface area (Å²) >= 11 is 6.11. The Hall–Kier alpha value is -2.36. The van der Waals surface area contributed by atoms with Gasteiger partial charge in [0.25, 0.3) is 0 Å². The normalized spacial score (nSPS) is 17.4. The van der Waals surface area contributed by atoms with Gasteiger partial charge >= 0.3 is 5.97 Å². The minimum absolute atomic E-state index is 0.00397. The number of anilines is 1.